The second kappa shape index (κ2) is 5.82. The lowest BCUT2D eigenvalue weighted by molar-refractivity contribution is -0.130. The molecule has 0 saturated heterocycles. The number of nitrogens with one attached hydrogen (secondary N) is 1. The van der Waals surface area contributed by atoms with Crippen molar-refractivity contribution in [2.24, 2.45) is 0 Å². The van der Waals surface area contributed by atoms with Gasteiger partial charge in [-0.05, 0) is 48.2 Å². The van der Waals surface area contributed by atoms with Crippen molar-refractivity contribution in [2.75, 3.05) is 6.79 Å². The summed E-state index contributed by atoms with van der Waals surface area (Å²) in [4.78, 5) is 12.8. The number of hydrogen-bond acceptors (Lipinski definition) is 3. The van der Waals surface area contributed by atoms with Crippen LogP contribution in [0.1, 0.15) is 30.4 Å². The minimum Gasteiger partial charge on any atom is -0.454 e. The first kappa shape index (κ1) is 15.0. The maximum atomic E-state index is 13.2. The van der Waals surface area contributed by atoms with Gasteiger partial charge in [0.25, 0.3) is 0 Å². The van der Waals surface area contributed by atoms with Gasteiger partial charge in [0.2, 0.25) is 12.7 Å². The highest BCUT2D eigenvalue weighted by Crippen LogP contribution is 2.44. The summed E-state index contributed by atoms with van der Waals surface area (Å²) in [5.74, 6) is 1.15. The Kier molecular flexibility index (Phi) is 3.63. The highest BCUT2D eigenvalue weighted by atomic mass is 19.1. The van der Waals surface area contributed by atoms with Crippen LogP contribution < -0.4 is 14.8 Å². The summed E-state index contributed by atoms with van der Waals surface area (Å²) >= 11 is 0. The third-order valence-corrected chi connectivity index (χ3v) is 4.93. The van der Waals surface area contributed by atoms with E-state index in [9.17, 15) is 9.18 Å². The Bertz CT molecular complexity index is 769. The zero-order chi connectivity index (χ0) is 16.6. The standard InChI is InChI=1S/C19H18FNO3/c20-15-5-3-14(4-6-15)19(8-1-9-19)18(22)21-11-13-2-7-16-17(10-13)24-12-23-16/h2-7,10H,1,8-9,11-12H2,(H,21,22). The molecule has 1 fully saturated rings. The molecule has 1 N–H and O–H groups in total. The average Bonchev–Trinajstić information content (AvgIpc) is 3.01. The first-order chi connectivity index (χ1) is 11.7. The second-order valence-electron chi connectivity index (χ2n) is 6.31. The Morgan fingerprint density at radius 1 is 1.08 bits per heavy atom. The summed E-state index contributed by atoms with van der Waals surface area (Å²) in [5.41, 5.74) is 1.32. The van der Waals surface area contributed by atoms with Crippen molar-refractivity contribution >= 4 is 5.91 Å². The van der Waals surface area contributed by atoms with Crippen LogP contribution in [-0.4, -0.2) is 12.7 Å². The highest BCUT2D eigenvalue weighted by molar-refractivity contribution is 5.89. The molecule has 1 aliphatic heterocycles. The van der Waals surface area contributed by atoms with Crippen molar-refractivity contribution in [1.29, 1.82) is 0 Å². The van der Waals surface area contributed by atoms with E-state index in [4.69, 9.17) is 9.47 Å². The number of rotatable bonds is 4. The van der Waals surface area contributed by atoms with Gasteiger partial charge in [-0.2, -0.15) is 0 Å². The van der Waals surface area contributed by atoms with Gasteiger partial charge < -0.3 is 14.8 Å². The number of halogens is 1. The van der Waals surface area contributed by atoms with E-state index in [1.54, 1.807) is 12.1 Å². The number of hydrogen-bond donors (Lipinski definition) is 1. The van der Waals surface area contributed by atoms with Crippen LogP contribution in [0.5, 0.6) is 11.5 Å². The summed E-state index contributed by atoms with van der Waals surface area (Å²) in [6, 6.07) is 11.9. The summed E-state index contributed by atoms with van der Waals surface area (Å²) in [7, 11) is 0. The Morgan fingerprint density at radius 3 is 2.54 bits per heavy atom. The van der Waals surface area contributed by atoms with Gasteiger partial charge in [-0.15, -0.1) is 0 Å². The van der Waals surface area contributed by atoms with Crippen LogP contribution in [0.3, 0.4) is 0 Å². The fraction of sp³-hybridized carbons (Fsp3) is 0.316. The molecule has 1 aliphatic carbocycles. The molecule has 4 nitrogen and oxygen atoms in total. The number of amides is 1. The number of ether oxygens (including phenoxy) is 2. The number of carbonyl (C=O) groups is 1. The third-order valence-electron chi connectivity index (χ3n) is 4.93. The van der Waals surface area contributed by atoms with E-state index < -0.39 is 5.41 Å². The summed E-state index contributed by atoms with van der Waals surface area (Å²) < 4.78 is 23.8. The van der Waals surface area contributed by atoms with Crippen LogP contribution in [0.25, 0.3) is 0 Å². The fourth-order valence-corrected chi connectivity index (χ4v) is 3.35. The summed E-state index contributed by atoms with van der Waals surface area (Å²) in [6.45, 7) is 0.664. The normalized spacial score (nSPS) is 17.2. The topological polar surface area (TPSA) is 47.6 Å². The van der Waals surface area contributed by atoms with Crippen LogP contribution >= 0.6 is 0 Å². The first-order valence-corrected chi connectivity index (χ1v) is 8.10. The van der Waals surface area contributed by atoms with Gasteiger partial charge in [-0.25, -0.2) is 4.39 Å². The highest BCUT2D eigenvalue weighted by Gasteiger charge is 2.45. The Labute approximate surface area is 139 Å². The monoisotopic (exact) mass is 327 g/mol. The van der Waals surface area contributed by atoms with Gasteiger partial charge in [0.05, 0.1) is 5.41 Å². The van der Waals surface area contributed by atoms with Crippen LogP contribution in [-0.2, 0) is 16.8 Å². The van der Waals surface area contributed by atoms with Crippen LogP contribution in [0.2, 0.25) is 0 Å². The van der Waals surface area contributed by atoms with Crippen molar-refractivity contribution in [3.05, 3.63) is 59.4 Å². The molecule has 2 aromatic carbocycles. The molecule has 0 bridgehead atoms. The third kappa shape index (κ3) is 2.50. The lowest BCUT2D eigenvalue weighted by Crippen LogP contribution is -2.49. The van der Waals surface area contributed by atoms with E-state index in [2.05, 4.69) is 5.32 Å². The van der Waals surface area contributed by atoms with E-state index in [-0.39, 0.29) is 18.5 Å². The van der Waals surface area contributed by atoms with Gasteiger partial charge in [0, 0.05) is 6.54 Å². The van der Waals surface area contributed by atoms with Gasteiger partial charge >= 0.3 is 0 Å². The van der Waals surface area contributed by atoms with Crippen LogP contribution in [0.4, 0.5) is 4.39 Å². The molecule has 0 atom stereocenters. The predicted octanol–water partition coefficient (Wildman–Crippen LogP) is 3.29. The first-order valence-electron chi connectivity index (χ1n) is 8.10. The van der Waals surface area contributed by atoms with E-state index >= 15 is 0 Å². The van der Waals surface area contributed by atoms with Crippen LogP contribution in [0.15, 0.2) is 42.5 Å². The smallest absolute Gasteiger partial charge is 0.231 e. The maximum absolute atomic E-state index is 13.2. The Morgan fingerprint density at radius 2 is 1.83 bits per heavy atom. The molecule has 1 saturated carbocycles. The molecule has 0 radical (unpaired) electrons. The van der Waals surface area contributed by atoms with E-state index in [0.29, 0.717) is 12.3 Å². The molecule has 0 unspecified atom stereocenters. The van der Waals surface area contributed by atoms with Crippen LogP contribution in [0, 0.1) is 5.82 Å². The number of carbonyl (C=O) groups excluding carboxylic acids is 1. The SMILES string of the molecule is O=C(NCc1ccc2c(c1)OCO2)C1(c2ccc(F)cc2)CCC1. The quantitative estimate of drug-likeness (QED) is 0.937. The molecular formula is C19H18FNO3. The van der Waals surface area contributed by atoms with Gasteiger partial charge in [-0.1, -0.05) is 24.6 Å². The molecule has 0 spiro atoms. The molecular weight excluding hydrogens is 309 g/mol. The van der Waals surface area contributed by atoms with E-state index in [0.717, 1.165) is 36.1 Å². The van der Waals surface area contributed by atoms with E-state index in [1.807, 2.05) is 18.2 Å². The van der Waals surface area contributed by atoms with E-state index in [1.165, 1.54) is 12.1 Å². The Balaban J connectivity index is 1.47. The predicted molar refractivity (Wildman–Crippen MR) is 86.3 cm³/mol. The zero-order valence-corrected chi connectivity index (χ0v) is 13.2. The molecule has 5 heteroatoms. The fourth-order valence-electron chi connectivity index (χ4n) is 3.35. The maximum Gasteiger partial charge on any atom is 0.231 e. The lowest BCUT2D eigenvalue weighted by Gasteiger charge is -2.40. The van der Waals surface area contributed by atoms with Crippen molar-refractivity contribution in [2.45, 2.75) is 31.2 Å². The Hall–Kier alpha value is -2.56. The molecule has 2 aliphatic rings. The second-order valence-corrected chi connectivity index (χ2v) is 6.31. The lowest BCUT2D eigenvalue weighted by atomic mass is 9.64. The van der Waals surface area contributed by atoms with Crippen molar-refractivity contribution in [3.8, 4) is 11.5 Å². The van der Waals surface area contributed by atoms with Gasteiger partial charge in [0.1, 0.15) is 5.82 Å². The molecule has 0 aromatic heterocycles. The summed E-state index contributed by atoms with van der Waals surface area (Å²) in [6.07, 6.45) is 2.60. The van der Waals surface area contributed by atoms with Gasteiger partial charge in [-0.3, -0.25) is 4.79 Å². The number of benzene rings is 2. The molecule has 24 heavy (non-hydrogen) atoms. The van der Waals surface area contributed by atoms with Crippen molar-refractivity contribution in [1.82, 2.24) is 5.32 Å². The minimum absolute atomic E-state index is 0.00183. The molecule has 4 rings (SSSR count). The zero-order valence-electron chi connectivity index (χ0n) is 13.2. The number of fused-ring (bicyclic) bond motifs is 1. The molecule has 2 aromatic rings. The minimum atomic E-state index is -0.524. The van der Waals surface area contributed by atoms with Crippen molar-refractivity contribution in [3.63, 3.8) is 0 Å². The molecule has 124 valence electrons. The average molecular weight is 327 g/mol. The van der Waals surface area contributed by atoms with Gasteiger partial charge in [0.15, 0.2) is 11.5 Å². The molecule has 1 heterocycles. The largest absolute Gasteiger partial charge is 0.454 e. The molecule has 1 amide bonds. The van der Waals surface area contributed by atoms with Crippen molar-refractivity contribution < 1.29 is 18.7 Å². The summed E-state index contributed by atoms with van der Waals surface area (Å²) in [5, 5.41) is 3.02.